The summed E-state index contributed by atoms with van der Waals surface area (Å²) in [4.78, 5) is 6.25. The van der Waals surface area contributed by atoms with Crippen LogP contribution in [0.3, 0.4) is 0 Å². The minimum absolute atomic E-state index is 0.0152. The van der Waals surface area contributed by atoms with Crippen molar-refractivity contribution in [3.05, 3.63) is 47.3 Å². The lowest BCUT2D eigenvalue weighted by Crippen LogP contribution is -2.27. The van der Waals surface area contributed by atoms with E-state index in [0.717, 1.165) is 4.31 Å². The fourth-order valence-corrected chi connectivity index (χ4v) is 2.98. The molecule has 8 heteroatoms. The summed E-state index contributed by atoms with van der Waals surface area (Å²) in [5, 5.41) is -0.229. The van der Waals surface area contributed by atoms with Gasteiger partial charge in [-0.15, -0.1) is 0 Å². The Hall–Kier alpha value is -1.44. The molecule has 1 heterocycles. The van der Waals surface area contributed by atoms with Crippen LogP contribution < -0.4 is 0 Å². The van der Waals surface area contributed by atoms with Crippen molar-refractivity contribution >= 4 is 21.6 Å². The van der Waals surface area contributed by atoms with Gasteiger partial charge in [0, 0.05) is 19.4 Å². The number of halogens is 2. The maximum atomic E-state index is 13.8. The first-order chi connectivity index (χ1) is 8.93. The molecular weight excluding hydrogens is 293 g/mol. The molecule has 102 valence electrons. The minimum atomic E-state index is -3.95. The number of nitrogens with one attached hydrogen (secondary N) is 1. The van der Waals surface area contributed by atoms with Gasteiger partial charge in [0.05, 0.1) is 11.6 Å². The number of H-pyrrole nitrogens is 1. The number of aromatic amines is 1. The van der Waals surface area contributed by atoms with Crippen LogP contribution in [-0.4, -0.2) is 29.7 Å². The van der Waals surface area contributed by atoms with Gasteiger partial charge >= 0.3 is 0 Å². The molecule has 0 spiro atoms. The van der Waals surface area contributed by atoms with Crippen LogP contribution in [0, 0.1) is 5.82 Å². The molecule has 0 aliphatic heterocycles. The summed E-state index contributed by atoms with van der Waals surface area (Å²) in [5.74, 6) is -0.482. The zero-order valence-electron chi connectivity index (χ0n) is 9.97. The van der Waals surface area contributed by atoms with Gasteiger partial charge in [0.25, 0.3) is 0 Å². The predicted octanol–water partition coefficient (Wildman–Crippen LogP) is 2.02. The first-order valence-corrected chi connectivity index (χ1v) is 7.13. The summed E-state index contributed by atoms with van der Waals surface area (Å²) in [5.41, 5.74) is 0. The van der Waals surface area contributed by atoms with Crippen LogP contribution in [0.4, 0.5) is 4.39 Å². The fraction of sp³-hybridized carbons (Fsp3) is 0.182. The molecule has 0 fully saturated rings. The van der Waals surface area contributed by atoms with Gasteiger partial charge in [0.15, 0.2) is 5.82 Å². The molecule has 5 nitrogen and oxygen atoms in total. The summed E-state index contributed by atoms with van der Waals surface area (Å²) < 4.78 is 39.2. The van der Waals surface area contributed by atoms with Crippen molar-refractivity contribution in [2.45, 2.75) is 11.4 Å². The third-order valence-electron chi connectivity index (χ3n) is 2.53. The third-order valence-corrected chi connectivity index (χ3v) is 4.64. The van der Waals surface area contributed by atoms with E-state index in [4.69, 9.17) is 11.6 Å². The normalized spacial score (nSPS) is 12.0. The summed E-state index contributed by atoms with van der Waals surface area (Å²) >= 11 is 5.59. The Morgan fingerprint density at radius 3 is 2.84 bits per heavy atom. The van der Waals surface area contributed by atoms with Gasteiger partial charge < -0.3 is 4.98 Å². The second-order valence-corrected chi connectivity index (χ2v) is 6.27. The molecule has 1 aromatic carbocycles. The maximum absolute atomic E-state index is 13.8. The highest BCUT2D eigenvalue weighted by Crippen LogP contribution is 2.24. The highest BCUT2D eigenvalue weighted by atomic mass is 35.5. The summed E-state index contributed by atoms with van der Waals surface area (Å²) in [6.45, 7) is 0.0152. The number of hydrogen-bond acceptors (Lipinski definition) is 3. The molecule has 0 saturated carbocycles. The SMILES string of the molecule is CN(Cc1ncc[nH]1)S(=O)(=O)c1cccc(Cl)c1F. The van der Waals surface area contributed by atoms with Crippen LogP contribution in [0.5, 0.6) is 0 Å². The largest absolute Gasteiger partial charge is 0.347 e. The van der Waals surface area contributed by atoms with Crippen LogP contribution in [0.1, 0.15) is 5.82 Å². The van der Waals surface area contributed by atoms with E-state index in [1.807, 2.05) is 0 Å². The minimum Gasteiger partial charge on any atom is -0.347 e. The highest BCUT2D eigenvalue weighted by Gasteiger charge is 2.26. The average molecular weight is 304 g/mol. The van der Waals surface area contributed by atoms with Crippen LogP contribution >= 0.6 is 11.6 Å². The topological polar surface area (TPSA) is 66.1 Å². The monoisotopic (exact) mass is 303 g/mol. The molecule has 2 rings (SSSR count). The molecule has 1 aromatic heterocycles. The Morgan fingerprint density at radius 2 is 2.21 bits per heavy atom. The van der Waals surface area contributed by atoms with Crippen molar-refractivity contribution in [1.82, 2.24) is 14.3 Å². The number of sulfonamides is 1. The molecule has 19 heavy (non-hydrogen) atoms. The lowest BCUT2D eigenvalue weighted by Gasteiger charge is -2.16. The van der Waals surface area contributed by atoms with Crippen LogP contribution in [0.2, 0.25) is 5.02 Å². The zero-order chi connectivity index (χ0) is 14.0. The van der Waals surface area contributed by atoms with Crippen molar-refractivity contribution in [1.29, 1.82) is 0 Å². The average Bonchev–Trinajstić information content (AvgIpc) is 2.85. The zero-order valence-corrected chi connectivity index (χ0v) is 11.5. The summed E-state index contributed by atoms with van der Waals surface area (Å²) in [6, 6.07) is 3.86. The number of benzene rings is 1. The van der Waals surface area contributed by atoms with Gasteiger partial charge in [-0.1, -0.05) is 17.7 Å². The first kappa shape index (κ1) is 14.0. The third kappa shape index (κ3) is 2.78. The van der Waals surface area contributed by atoms with E-state index >= 15 is 0 Å². The van der Waals surface area contributed by atoms with Crippen molar-refractivity contribution < 1.29 is 12.8 Å². The fourth-order valence-electron chi connectivity index (χ4n) is 1.53. The van der Waals surface area contributed by atoms with E-state index in [9.17, 15) is 12.8 Å². The molecule has 0 atom stereocenters. The molecule has 0 aliphatic rings. The number of hydrogen-bond donors (Lipinski definition) is 1. The van der Waals surface area contributed by atoms with Crippen molar-refractivity contribution in [2.75, 3.05) is 7.05 Å². The van der Waals surface area contributed by atoms with Gasteiger partial charge in [0.1, 0.15) is 10.7 Å². The van der Waals surface area contributed by atoms with Gasteiger partial charge in [0.2, 0.25) is 10.0 Å². The van der Waals surface area contributed by atoms with E-state index in [0.29, 0.717) is 5.82 Å². The van der Waals surface area contributed by atoms with Crippen LogP contribution in [0.15, 0.2) is 35.5 Å². The van der Waals surface area contributed by atoms with E-state index < -0.39 is 20.7 Å². The van der Waals surface area contributed by atoms with Gasteiger partial charge in [-0.2, -0.15) is 4.31 Å². The maximum Gasteiger partial charge on any atom is 0.246 e. The molecule has 0 saturated heterocycles. The quantitative estimate of drug-likeness (QED) is 0.939. The molecule has 0 bridgehead atoms. The summed E-state index contributed by atoms with van der Waals surface area (Å²) in [7, 11) is -2.61. The Balaban J connectivity index is 2.34. The standard InChI is InChI=1S/C11H11ClFN3O2S/c1-16(7-10-14-5-6-15-10)19(17,18)9-4-2-3-8(12)11(9)13/h2-6H,7H2,1H3,(H,14,15). The smallest absolute Gasteiger partial charge is 0.246 e. The predicted molar refractivity (Wildman–Crippen MR) is 68.7 cm³/mol. The second-order valence-electron chi connectivity index (χ2n) is 3.85. The molecule has 0 radical (unpaired) electrons. The lowest BCUT2D eigenvalue weighted by molar-refractivity contribution is 0.452. The van der Waals surface area contributed by atoms with E-state index in [1.165, 1.54) is 31.4 Å². The molecule has 2 aromatic rings. The second kappa shape index (κ2) is 5.28. The molecule has 0 unspecified atom stereocenters. The van der Waals surface area contributed by atoms with E-state index in [1.54, 1.807) is 6.20 Å². The number of aromatic nitrogens is 2. The highest BCUT2D eigenvalue weighted by molar-refractivity contribution is 7.89. The lowest BCUT2D eigenvalue weighted by atomic mass is 10.3. The van der Waals surface area contributed by atoms with Crippen molar-refractivity contribution in [3.8, 4) is 0 Å². The van der Waals surface area contributed by atoms with E-state index in [-0.39, 0.29) is 11.6 Å². The van der Waals surface area contributed by atoms with Crippen molar-refractivity contribution in [2.24, 2.45) is 0 Å². The first-order valence-electron chi connectivity index (χ1n) is 5.31. The van der Waals surface area contributed by atoms with Gasteiger partial charge in [-0.3, -0.25) is 0 Å². The van der Waals surface area contributed by atoms with Gasteiger partial charge in [-0.25, -0.2) is 17.8 Å². The van der Waals surface area contributed by atoms with E-state index in [2.05, 4.69) is 9.97 Å². The Bertz CT molecular complexity index is 673. The molecular formula is C11H11ClFN3O2S. The molecule has 1 N–H and O–H groups in total. The Morgan fingerprint density at radius 1 is 1.47 bits per heavy atom. The Labute approximate surface area is 115 Å². The van der Waals surface area contributed by atoms with Crippen LogP contribution in [0.25, 0.3) is 0 Å². The van der Waals surface area contributed by atoms with Crippen molar-refractivity contribution in [3.63, 3.8) is 0 Å². The summed E-state index contributed by atoms with van der Waals surface area (Å²) in [6.07, 6.45) is 3.09. The molecule has 0 amide bonds. The number of nitrogens with zero attached hydrogens (tertiary/aromatic N) is 2. The Kier molecular flexibility index (Phi) is 3.88. The van der Waals surface area contributed by atoms with Gasteiger partial charge in [-0.05, 0) is 12.1 Å². The number of rotatable bonds is 4. The molecule has 0 aliphatic carbocycles. The van der Waals surface area contributed by atoms with Crippen LogP contribution in [-0.2, 0) is 16.6 Å². The number of imidazole rings is 1.